The van der Waals surface area contributed by atoms with Crippen LogP contribution >= 0.6 is 0 Å². The van der Waals surface area contributed by atoms with Crippen molar-refractivity contribution in [3.8, 4) is 0 Å². The summed E-state index contributed by atoms with van der Waals surface area (Å²) in [7, 11) is 0. The van der Waals surface area contributed by atoms with Gasteiger partial charge in [-0.05, 0) is 49.9 Å². The molecule has 1 atom stereocenters. The molecule has 25 heavy (non-hydrogen) atoms. The van der Waals surface area contributed by atoms with Crippen molar-refractivity contribution in [1.29, 1.82) is 0 Å². The van der Waals surface area contributed by atoms with Crippen LogP contribution in [0.5, 0.6) is 0 Å². The van der Waals surface area contributed by atoms with Gasteiger partial charge in [0.25, 0.3) is 5.91 Å². The number of hydrogen-bond donors (Lipinski definition) is 1. The van der Waals surface area contributed by atoms with Gasteiger partial charge < -0.3 is 15.4 Å². The Morgan fingerprint density at radius 2 is 2.04 bits per heavy atom. The predicted octanol–water partition coefficient (Wildman–Crippen LogP) is 3.44. The first-order chi connectivity index (χ1) is 12.1. The highest BCUT2D eigenvalue weighted by Gasteiger charge is 2.23. The molecule has 0 spiro atoms. The lowest BCUT2D eigenvalue weighted by atomic mass is 10.1. The van der Waals surface area contributed by atoms with Gasteiger partial charge in [0.05, 0.1) is 6.10 Å². The fourth-order valence-corrected chi connectivity index (χ4v) is 3.18. The number of rotatable bonds is 6. The number of nitrogens with zero attached hydrogens (tertiary/aromatic N) is 1. The Kier molecular flexibility index (Phi) is 5.71. The van der Waals surface area contributed by atoms with Gasteiger partial charge in [0, 0.05) is 30.9 Å². The number of aryl methyl sites for hydroxylation is 1. The molecule has 1 aliphatic rings. The van der Waals surface area contributed by atoms with E-state index in [1.54, 1.807) is 12.1 Å². The van der Waals surface area contributed by atoms with E-state index in [0.29, 0.717) is 24.3 Å². The van der Waals surface area contributed by atoms with Crippen LogP contribution in [0.25, 0.3) is 0 Å². The molecule has 132 valence electrons. The van der Waals surface area contributed by atoms with Crippen molar-refractivity contribution in [1.82, 2.24) is 4.90 Å². The van der Waals surface area contributed by atoms with Crippen molar-refractivity contribution in [3.05, 3.63) is 65.2 Å². The van der Waals surface area contributed by atoms with Gasteiger partial charge in [-0.3, -0.25) is 4.79 Å². The fraction of sp³-hybridized carbons (Fsp3) is 0.381. The Hall–Kier alpha value is -2.33. The van der Waals surface area contributed by atoms with Gasteiger partial charge in [0.1, 0.15) is 0 Å². The predicted molar refractivity (Wildman–Crippen MR) is 101 cm³/mol. The van der Waals surface area contributed by atoms with Crippen LogP contribution in [0.15, 0.2) is 48.5 Å². The van der Waals surface area contributed by atoms with Crippen LogP contribution in [-0.4, -0.2) is 36.6 Å². The van der Waals surface area contributed by atoms with Crippen LogP contribution in [0.2, 0.25) is 0 Å². The maximum atomic E-state index is 13.0. The highest BCUT2D eigenvalue weighted by atomic mass is 16.5. The minimum absolute atomic E-state index is 0.0231. The second kappa shape index (κ2) is 8.17. The molecule has 0 saturated carbocycles. The van der Waals surface area contributed by atoms with Crippen molar-refractivity contribution in [2.75, 3.05) is 25.4 Å². The molecule has 1 saturated heterocycles. The number of hydrogen-bond acceptors (Lipinski definition) is 3. The number of amides is 1. The van der Waals surface area contributed by atoms with Gasteiger partial charge >= 0.3 is 0 Å². The molecule has 2 N–H and O–H groups in total. The van der Waals surface area contributed by atoms with E-state index in [0.717, 1.165) is 25.9 Å². The quantitative estimate of drug-likeness (QED) is 0.821. The van der Waals surface area contributed by atoms with Crippen LogP contribution in [0.4, 0.5) is 5.69 Å². The average molecular weight is 338 g/mol. The molecule has 1 unspecified atom stereocenters. The number of ether oxygens (including phenoxy) is 1. The molecule has 1 fully saturated rings. The van der Waals surface area contributed by atoms with Crippen molar-refractivity contribution in [2.24, 2.45) is 0 Å². The van der Waals surface area contributed by atoms with Crippen LogP contribution in [0.1, 0.15) is 34.3 Å². The van der Waals surface area contributed by atoms with Gasteiger partial charge in [-0.1, -0.05) is 35.9 Å². The van der Waals surface area contributed by atoms with Crippen LogP contribution in [-0.2, 0) is 11.2 Å². The van der Waals surface area contributed by atoms with E-state index in [9.17, 15) is 4.79 Å². The van der Waals surface area contributed by atoms with Gasteiger partial charge in [-0.15, -0.1) is 0 Å². The summed E-state index contributed by atoms with van der Waals surface area (Å²) in [5, 5.41) is 0. The summed E-state index contributed by atoms with van der Waals surface area (Å²) in [6.45, 7) is 4.19. The molecule has 1 amide bonds. The first-order valence-electron chi connectivity index (χ1n) is 8.94. The molecule has 0 bridgehead atoms. The Bertz CT molecular complexity index is 706. The monoisotopic (exact) mass is 338 g/mol. The maximum Gasteiger partial charge on any atom is 0.254 e. The first-order valence-corrected chi connectivity index (χ1v) is 8.94. The third-order valence-electron chi connectivity index (χ3n) is 4.66. The lowest BCUT2D eigenvalue weighted by Gasteiger charge is -2.26. The van der Waals surface area contributed by atoms with Gasteiger partial charge in [0.2, 0.25) is 0 Å². The fourth-order valence-electron chi connectivity index (χ4n) is 3.18. The van der Waals surface area contributed by atoms with Gasteiger partial charge in [-0.2, -0.15) is 0 Å². The molecule has 4 heteroatoms. The molecule has 2 aromatic carbocycles. The summed E-state index contributed by atoms with van der Waals surface area (Å²) >= 11 is 0. The van der Waals surface area contributed by atoms with E-state index in [2.05, 4.69) is 31.2 Å². The molecule has 0 aromatic heterocycles. The highest BCUT2D eigenvalue weighted by molar-refractivity contribution is 5.95. The number of nitrogen functional groups attached to an aromatic ring is 1. The second-order valence-electron chi connectivity index (χ2n) is 6.75. The second-order valence-corrected chi connectivity index (χ2v) is 6.75. The Labute approximate surface area is 149 Å². The molecule has 3 rings (SSSR count). The minimum atomic E-state index is 0.0231. The lowest BCUT2D eigenvalue weighted by molar-refractivity contribution is 0.0529. The molecule has 0 aliphatic carbocycles. The minimum Gasteiger partial charge on any atom is -0.399 e. The van der Waals surface area contributed by atoms with Crippen LogP contribution in [0, 0.1) is 6.92 Å². The zero-order chi connectivity index (χ0) is 17.6. The topological polar surface area (TPSA) is 55.6 Å². The number of carbonyl (C=O) groups excluding carboxylic acids is 1. The van der Waals surface area contributed by atoms with E-state index in [4.69, 9.17) is 10.5 Å². The number of nitrogens with two attached hydrogens (primary N) is 1. The smallest absolute Gasteiger partial charge is 0.254 e. The Morgan fingerprint density at radius 1 is 1.24 bits per heavy atom. The summed E-state index contributed by atoms with van der Waals surface area (Å²) in [5.41, 5.74) is 9.58. The van der Waals surface area contributed by atoms with E-state index >= 15 is 0 Å². The number of anilines is 1. The van der Waals surface area contributed by atoms with E-state index in [-0.39, 0.29) is 12.0 Å². The Balaban J connectivity index is 1.71. The van der Waals surface area contributed by atoms with Crippen molar-refractivity contribution < 1.29 is 9.53 Å². The normalized spacial score (nSPS) is 16.8. The summed E-state index contributed by atoms with van der Waals surface area (Å²) in [6, 6.07) is 15.7. The maximum absolute atomic E-state index is 13.0. The molecule has 0 radical (unpaired) electrons. The SMILES string of the molecule is Cc1ccc(CCN(CC2CCCO2)C(=O)c2cccc(N)c2)cc1. The standard InChI is InChI=1S/C21H26N2O2/c1-16-7-9-17(10-8-16)11-12-23(15-20-6-3-13-25-20)21(24)18-4-2-5-19(22)14-18/h2,4-5,7-10,14,20H,3,6,11-13,15,22H2,1H3. The zero-order valence-corrected chi connectivity index (χ0v) is 14.8. The van der Waals surface area contributed by atoms with Crippen LogP contribution in [0.3, 0.4) is 0 Å². The first kappa shape index (κ1) is 17.5. The van der Waals surface area contributed by atoms with E-state index in [1.165, 1.54) is 11.1 Å². The number of carbonyl (C=O) groups is 1. The van der Waals surface area contributed by atoms with Gasteiger partial charge in [-0.25, -0.2) is 0 Å². The van der Waals surface area contributed by atoms with Crippen molar-refractivity contribution in [3.63, 3.8) is 0 Å². The largest absolute Gasteiger partial charge is 0.399 e. The molecule has 4 nitrogen and oxygen atoms in total. The van der Waals surface area contributed by atoms with Crippen LogP contribution < -0.4 is 5.73 Å². The summed E-state index contributed by atoms with van der Waals surface area (Å²) < 4.78 is 5.74. The summed E-state index contributed by atoms with van der Waals surface area (Å²) in [5.74, 6) is 0.0231. The third kappa shape index (κ3) is 4.83. The average Bonchev–Trinajstić information content (AvgIpc) is 3.12. The highest BCUT2D eigenvalue weighted by Crippen LogP contribution is 2.17. The lowest BCUT2D eigenvalue weighted by Crippen LogP contribution is -2.38. The van der Waals surface area contributed by atoms with E-state index < -0.39 is 0 Å². The summed E-state index contributed by atoms with van der Waals surface area (Å²) in [4.78, 5) is 14.9. The summed E-state index contributed by atoms with van der Waals surface area (Å²) in [6.07, 6.45) is 3.07. The molecule has 1 aliphatic heterocycles. The molecular weight excluding hydrogens is 312 g/mol. The Morgan fingerprint density at radius 3 is 2.72 bits per heavy atom. The van der Waals surface area contributed by atoms with Crippen molar-refractivity contribution >= 4 is 11.6 Å². The third-order valence-corrected chi connectivity index (χ3v) is 4.66. The zero-order valence-electron chi connectivity index (χ0n) is 14.8. The van der Waals surface area contributed by atoms with Crippen molar-refractivity contribution in [2.45, 2.75) is 32.3 Å². The molecule has 2 aromatic rings. The molecular formula is C21H26N2O2. The molecule has 1 heterocycles. The van der Waals surface area contributed by atoms with Gasteiger partial charge in [0.15, 0.2) is 0 Å². The number of benzene rings is 2. The van der Waals surface area contributed by atoms with E-state index in [1.807, 2.05) is 17.0 Å².